The fourth-order valence-electron chi connectivity index (χ4n) is 1.58. The average molecular weight is 223 g/mol. The highest BCUT2D eigenvalue weighted by Crippen LogP contribution is 2.19. The summed E-state index contributed by atoms with van der Waals surface area (Å²) in [6.07, 6.45) is 3.02. The lowest BCUT2D eigenvalue weighted by atomic mass is 10.1. The van der Waals surface area contributed by atoms with Crippen LogP contribution < -0.4 is 10.6 Å². The van der Waals surface area contributed by atoms with Gasteiger partial charge in [0.15, 0.2) is 0 Å². The molecule has 5 heteroatoms. The zero-order valence-electron chi connectivity index (χ0n) is 9.77. The van der Waals surface area contributed by atoms with Gasteiger partial charge >= 0.3 is 0 Å². The number of primary amides is 1. The third-order valence-corrected chi connectivity index (χ3v) is 2.10. The van der Waals surface area contributed by atoms with Crippen LogP contribution in [-0.2, 0) is 0 Å². The van der Waals surface area contributed by atoms with E-state index in [0.717, 1.165) is 0 Å². The highest BCUT2D eigenvalue weighted by Gasteiger charge is 2.19. The predicted molar refractivity (Wildman–Crippen MR) is 62.3 cm³/mol. The lowest BCUT2D eigenvalue weighted by Crippen LogP contribution is -2.37. The fourth-order valence-corrected chi connectivity index (χ4v) is 1.58. The van der Waals surface area contributed by atoms with Gasteiger partial charge in [-0.25, -0.2) is 0 Å². The van der Waals surface area contributed by atoms with E-state index in [0.29, 0.717) is 17.8 Å². The molecule has 0 aliphatic carbocycles. The first-order valence-electron chi connectivity index (χ1n) is 4.98. The van der Waals surface area contributed by atoms with E-state index >= 15 is 0 Å². The number of likely N-dealkylation sites (N-methyl/N-ethyl adjacent to an activating group) is 1. The van der Waals surface area contributed by atoms with Crippen molar-refractivity contribution in [3.63, 3.8) is 0 Å². The quantitative estimate of drug-likeness (QED) is 0.773. The number of nitrogens with two attached hydrogens (primary N) is 1. The van der Waals surface area contributed by atoms with Crippen LogP contribution in [0.25, 0.3) is 0 Å². The van der Waals surface area contributed by atoms with Crippen LogP contribution in [0.15, 0.2) is 18.5 Å². The van der Waals surface area contributed by atoms with Crippen LogP contribution in [0, 0.1) is 0 Å². The number of anilines is 1. The van der Waals surface area contributed by atoms with Crippen LogP contribution in [0.4, 0.5) is 5.69 Å². The Morgan fingerprint density at radius 3 is 2.75 bits per heavy atom. The molecule has 0 aliphatic heterocycles. The second-order valence-electron chi connectivity index (χ2n) is 4.43. The number of aromatic nitrogens is 1. The molecule has 0 saturated carbocycles. The van der Waals surface area contributed by atoms with Crippen LogP contribution in [0.5, 0.6) is 0 Å². The number of rotatable bonds is 4. The molecular weight excluding hydrogens is 206 g/mol. The average Bonchev–Trinajstić information content (AvgIpc) is 2.15. The van der Waals surface area contributed by atoms with Crippen molar-refractivity contribution < 1.29 is 9.90 Å². The molecule has 0 aliphatic rings. The Morgan fingerprint density at radius 2 is 2.25 bits per heavy atom. The number of carbonyl (C=O) groups excluding carboxylic acids is 1. The van der Waals surface area contributed by atoms with Gasteiger partial charge in [-0.15, -0.1) is 0 Å². The van der Waals surface area contributed by atoms with Crippen molar-refractivity contribution in [2.24, 2.45) is 5.73 Å². The molecule has 88 valence electrons. The van der Waals surface area contributed by atoms with E-state index < -0.39 is 11.5 Å². The molecule has 1 aromatic heterocycles. The van der Waals surface area contributed by atoms with E-state index in [4.69, 9.17) is 5.73 Å². The lowest BCUT2D eigenvalue weighted by Gasteiger charge is -2.28. The predicted octanol–water partition coefficient (Wildman–Crippen LogP) is 0.388. The molecule has 1 heterocycles. The molecule has 0 aromatic carbocycles. The Morgan fingerprint density at radius 1 is 1.62 bits per heavy atom. The normalized spacial score (nSPS) is 11.2. The van der Waals surface area contributed by atoms with Gasteiger partial charge in [-0.1, -0.05) is 0 Å². The largest absolute Gasteiger partial charge is 0.389 e. The van der Waals surface area contributed by atoms with Crippen LogP contribution in [-0.4, -0.2) is 35.2 Å². The highest BCUT2D eigenvalue weighted by molar-refractivity contribution is 5.98. The van der Waals surface area contributed by atoms with E-state index in [1.165, 1.54) is 6.20 Å². The van der Waals surface area contributed by atoms with Crippen LogP contribution >= 0.6 is 0 Å². The van der Waals surface area contributed by atoms with Gasteiger partial charge in [0.1, 0.15) is 0 Å². The molecule has 0 radical (unpaired) electrons. The zero-order chi connectivity index (χ0) is 12.3. The number of amides is 1. The summed E-state index contributed by atoms with van der Waals surface area (Å²) in [5.41, 5.74) is 5.43. The van der Waals surface area contributed by atoms with Crippen molar-refractivity contribution in [2.75, 3.05) is 18.5 Å². The topological polar surface area (TPSA) is 79.4 Å². The van der Waals surface area contributed by atoms with Gasteiger partial charge in [0.05, 0.1) is 16.9 Å². The maximum atomic E-state index is 11.2. The number of nitrogens with zero attached hydrogens (tertiary/aromatic N) is 2. The second-order valence-corrected chi connectivity index (χ2v) is 4.43. The smallest absolute Gasteiger partial charge is 0.252 e. The first-order chi connectivity index (χ1) is 7.31. The van der Waals surface area contributed by atoms with Gasteiger partial charge in [-0.3, -0.25) is 9.78 Å². The van der Waals surface area contributed by atoms with Gasteiger partial charge in [-0.05, 0) is 19.9 Å². The molecule has 0 spiro atoms. The SMILES string of the molecule is CN(CC(C)(C)O)c1ccncc1C(N)=O. The Balaban J connectivity index is 2.99. The molecule has 3 N–H and O–H groups in total. The maximum Gasteiger partial charge on any atom is 0.252 e. The molecule has 0 unspecified atom stereocenters. The van der Waals surface area contributed by atoms with Gasteiger partial charge in [-0.2, -0.15) is 0 Å². The summed E-state index contributed by atoms with van der Waals surface area (Å²) in [6.45, 7) is 3.81. The Kier molecular flexibility index (Phi) is 3.49. The van der Waals surface area contributed by atoms with E-state index in [-0.39, 0.29) is 0 Å². The van der Waals surface area contributed by atoms with Crippen molar-refractivity contribution in [3.8, 4) is 0 Å². The molecule has 1 aromatic rings. The summed E-state index contributed by atoms with van der Waals surface area (Å²) in [6, 6.07) is 1.70. The molecule has 1 rings (SSSR count). The number of carbonyl (C=O) groups is 1. The molecule has 0 saturated heterocycles. The first-order valence-corrected chi connectivity index (χ1v) is 4.98. The minimum absolute atomic E-state index is 0.356. The molecule has 1 amide bonds. The highest BCUT2D eigenvalue weighted by atomic mass is 16.3. The Labute approximate surface area is 94.9 Å². The van der Waals surface area contributed by atoms with E-state index in [9.17, 15) is 9.90 Å². The van der Waals surface area contributed by atoms with Gasteiger partial charge < -0.3 is 15.7 Å². The third-order valence-electron chi connectivity index (χ3n) is 2.10. The van der Waals surface area contributed by atoms with Gasteiger partial charge in [0.2, 0.25) is 0 Å². The summed E-state index contributed by atoms with van der Waals surface area (Å²) in [4.78, 5) is 16.8. The third kappa shape index (κ3) is 3.20. The Bertz CT molecular complexity index is 385. The standard InChI is InChI=1S/C11H17N3O2/c1-11(2,16)7-14(3)9-4-5-13-6-8(9)10(12)15/h4-6,16H,7H2,1-3H3,(H2,12,15). The van der Waals surface area contributed by atoms with Crippen molar-refractivity contribution in [3.05, 3.63) is 24.0 Å². The number of hydrogen-bond acceptors (Lipinski definition) is 4. The van der Waals surface area contributed by atoms with Gasteiger partial charge in [0, 0.05) is 26.0 Å². The molecule has 16 heavy (non-hydrogen) atoms. The molecule has 0 atom stereocenters. The van der Waals surface area contributed by atoms with Crippen molar-refractivity contribution in [2.45, 2.75) is 19.4 Å². The van der Waals surface area contributed by atoms with Crippen LogP contribution in [0.1, 0.15) is 24.2 Å². The van der Waals surface area contributed by atoms with E-state index in [1.807, 2.05) is 0 Å². The van der Waals surface area contributed by atoms with Gasteiger partial charge in [0.25, 0.3) is 5.91 Å². The molecule has 0 bridgehead atoms. The van der Waals surface area contributed by atoms with Crippen molar-refractivity contribution in [1.29, 1.82) is 0 Å². The lowest BCUT2D eigenvalue weighted by molar-refractivity contribution is 0.0882. The Hall–Kier alpha value is -1.62. The van der Waals surface area contributed by atoms with Crippen molar-refractivity contribution in [1.82, 2.24) is 4.98 Å². The number of pyridine rings is 1. The summed E-state index contributed by atoms with van der Waals surface area (Å²) in [5.74, 6) is -0.523. The minimum Gasteiger partial charge on any atom is -0.389 e. The van der Waals surface area contributed by atoms with Crippen LogP contribution in [0.3, 0.4) is 0 Å². The molecule has 5 nitrogen and oxygen atoms in total. The first kappa shape index (κ1) is 12.4. The monoisotopic (exact) mass is 223 g/mol. The summed E-state index contributed by atoms with van der Waals surface area (Å²) in [5, 5.41) is 9.71. The number of aliphatic hydroxyl groups is 1. The number of hydrogen-bond donors (Lipinski definition) is 2. The molecule has 0 fully saturated rings. The van der Waals surface area contributed by atoms with E-state index in [2.05, 4.69) is 4.98 Å². The van der Waals surface area contributed by atoms with Crippen molar-refractivity contribution >= 4 is 11.6 Å². The second kappa shape index (κ2) is 4.49. The summed E-state index contributed by atoms with van der Waals surface area (Å²) in [7, 11) is 1.79. The minimum atomic E-state index is -0.840. The zero-order valence-corrected chi connectivity index (χ0v) is 9.77. The summed E-state index contributed by atoms with van der Waals surface area (Å²) >= 11 is 0. The van der Waals surface area contributed by atoms with Crippen LogP contribution in [0.2, 0.25) is 0 Å². The molecular formula is C11H17N3O2. The maximum absolute atomic E-state index is 11.2. The fraction of sp³-hybridized carbons (Fsp3) is 0.455. The van der Waals surface area contributed by atoms with E-state index in [1.54, 1.807) is 38.1 Å². The summed E-state index contributed by atoms with van der Waals surface area (Å²) < 4.78 is 0.